The second-order valence-electron chi connectivity index (χ2n) is 9.98. The number of rotatable bonds is 3. The van der Waals surface area contributed by atoms with Gasteiger partial charge in [0.2, 0.25) is 0 Å². The highest BCUT2D eigenvalue weighted by molar-refractivity contribution is 6.18. The van der Waals surface area contributed by atoms with Gasteiger partial charge in [-0.15, -0.1) is 0 Å². The van der Waals surface area contributed by atoms with Crippen molar-refractivity contribution in [2.45, 2.75) is 0 Å². The number of benzene rings is 7. The van der Waals surface area contributed by atoms with E-state index in [2.05, 4.69) is 132 Å². The molecular weight excluding hydrogens is 474 g/mol. The smallest absolute Gasteiger partial charge is 0.143 e. The molecule has 7 aromatic carbocycles. The van der Waals surface area contributed by atoms with Crippen molar-refractivity contribution >= 4 is 53.9 Å². The molecule has 182 valence electrons. The summed E-state index contributed by atoms with van der Waals surface area (Å²) in [4.78, 5) is 4.55. The van der Waals surface area contributed by atoms with Crippen molar-refractivity contribution in [2.75, 3.05) is 0 Å². The van der Waals surface area contributed by atoms with Crippen molar-refractivity contribution < 1.29 is 4.74 Å². The maximum Gasteiger partial charge on any atom is 0.143 e. The highest BCUT2D eigenvalue weighted by atomic mass is 16.5. The zero-order valence-corrected chi connectivity index (χ0v) is 21.1. The Hall–Kier alpha value is -5.21. The van der Waals surface area contributed by atoms with Gasteiger partial charge < -0.3 is 4.74 Å². The molecule has 0 unspecified atom stereocenters. The molecule has 2 nitrogen and oxygen atoms in total. The summed E-state index contributed by atoms with van der Waals surface area (Å²) in [6.45, 7) is 0. The number of aromatic nitrogens is 1. The zero-order chi connectivity index (χ0) is 25.8. The SMILES string of the molecule is c1ccc2cc(-c3c4ccccc4c(Oc4cc5ccccc5c5ccccc45)c4ccncc34)ccc2c1. The molecule has 0 aliphatic carbocycles. The molecule has 0 aliphatic heterocycles. The topological polar surface area (TPSA) is 22.1 Å². The third-order valence-corrected chi connectivity index (χ3v) is 7.76. The Labute approximate surface area is 225 Å². The number of fused-ring (bicyclic) bond motifs is 6. The Morgan fingerprint density at radius 1 is 0.436 bits per heavy atom. The van der Waals surface area contributed by atoms with Crippen molar-refractivity contribution in [1.29, 1.82) is 0 Å². The fraction of sp³-hybridized carbons (Fsp3) is 0. The van der Waals surface area contributed by atoms with Crippen LogP contribution in [0.5, 0.6) is 11.5 Å². The Bertz CT molecular complexity index is 2160. The summed E-state index contributed by atoms with van der Waals surface area (Å²) in [5.74, 6) is 1.71. The molecule has 39 heavy (non-hydrogen) atoms. The standard InChI is InChI=1S/C37H23NO/c1-2-10-25-21-27(18-17-24(25)9-1)36-31-15-7-8-16-32(31)37(33-19-20-38-23-34(33)36)39-35-22-26-11-3-4-12-28(26)29-13-5-6-14-30(29)35/h1-23H. The van der Waals surface area contributed by atoms with Crippen LogP contribution in [-0.4, -0.2) is 4.98 Å². The van der Waals surface area contributed by atoms with E-state index in [4.69, 9.17) is 4.74 Å². The normalized spacial score (nSPS) is 11.6. The summed E-state index contributed by atoms with van der Waals surface area (Å²) in [7, 11) is 0. The maximum atomic E-state index is 6.96. The number of hydrogen-bond acceptors (Lipinski definition) is 2. The van der Waals surface area contributed by atoms with Crippen LogP contribution >= 0.6 is 0 Å². The summed E-state index contributed by atoms with van der Waals surface area (Å²) in [5, 5.41) is 11.5. The van der Waals surface area contributed by atoms with Gasteiger partial charge in [-0.1, -0.05) is 109 Å². The quantitative estimate of drug-likeness (QED) is 0.179. The molecule has 0 aliphatic rings. The number of nitrogens with zero attached hydrogens (tertiary/aromatic N) is 1. The first-order valence-corrected chi connectivity index (χ1v) is 13.2. The predicted molar refractivity (Wildman–Crippen MR) is 164 cm³/mol. The minimum Gasteiger partial charge on any atom is -0.455 e. The minimum absolute atomic E-state index is 0.853. The molecule has 2 heteroatoms. The van der Waals surface area contributed by atoms with Gasteiger partial charge in [-0.3, -0.25) is 4.98 Å². The lowest BCUT2D eigenvalue weighted by Crippen LogP contribution is -1.94. The Morgan fingerprint density at radius 3 is 1.92 bits per heavy atom. The fourth-order valence-corrected chi connectivity index (χ4v) is 5.96. The molecule has 8 rings (SSSR count). The van der Waals surface area contributed by atoms with Crippen LogP contribution in [0, 0.1) is 0 Å². The van der Waals surface area contributed by atoms with Gasteiger partial charge >= 0.3 is 0 Å². The van der Waals surface area contributed by atoms with Gasteiger partial charge in [0.1, 0.15) is 11.5 Å². The molecule has 0 amide bonds. The first-order chi connectivity index (χ1) is 19.3. The van der Waals surface area contributed by atoms with Crippen LogP contribution in [0.4, 0.5) is 0 Å². The van der Waals surface area contributed by atoms with Gasteiger partial charge in [0.05, 0.1) is 0 Å². The summed E-state index contributed by atoms with van der Waals surface area (Å²) < 4.78 is 6.96. The van der Waals surface area contributed by atoms with Crippen LogP contribution in [0.3, 0.4) is 0 Å². The van der Waals surface area contributed by atoms with Crippen molar-refractivity contribution in [3.63, 3.8) is 0 Å². The summed E-state index contributed by atoms with van der Waals surface area (Å²) in [6, 6.07) is 45.0. The van der Waals surface area contributed by atoms with E-state index in [1.165, 1.54) is 32.7 Å². The van der Waals surface area contributed by atoms with Crippen LogP contribution in [0.25, 0.3) is 65.0 Å². The van der Waals surface area contributed by atoms with E-state index in [1.807, 2.05) is 12.4 Å². The maximum absolute atomic E-state index is 6.96. The van der Waals surface area contributed by atoms with Gasteiger partial charge in [0, 0.05) is 33.9 Å². The van der Waals surface area contributed by atoms with Gasteiger partial charge in [-0.05, 0) is 61.6 Å². The van der Waals surface area contributed by atoms with E-state index in [0.717, 1.165) is 43.8 Å². The molecule has 0 bridgehead atoms. The summed E-state index contributed by atoms with van der Waals surface area (Å²) >= 11 is 0. The van der Waals surface area contributed by atoms with Crippen LogP contribution < -0.4 is 4.74 Å². The Kier molecular flexibility index (Phi) is 4.86. The van der Waals surface area contributed by atoms with Crippen molar-refractivity contribution in [2.24, 2.45) is 0 Å². The van der Waals surface area contributed by atoms with Gasteiger partial charge in [0.25, 0.3) is 0 Å². The second-order valence-corrected chi connectivity index (χ2v) is 9.98. The molecule has 0 radical (unpaired) electrons. The molecule has 1 aromatic heterocycles. The Morgan fingerprint density at radius 2 is 1.08 bits per heavy atom. The van der Waals surface area contributed by atoms with E-state index < -0.39 is 0 Å². The Balaban J connectivity index is 1.43. The molecule has 0 fully saturated rings. The first kappa shape index (κ1) is 21.8. The molecule has 0 atom stereocenters. The van der Waals surface area contributed by atoms with Gasteiger partial charge in [-0.2, -0.15) is 0 Å². The van der Waals surface area contributed by atoms with E-state index in [9.17, 15) is 0 Å². The third-order valence-electron chi connectivity index (χ3n) is 7.76. The second kappa shape index (κ2) is 8.68. The largest absolute Gasteiger partial charge is 0.455 e. The molecule has 8 aromatic rings. The summed E-state index contributed by atoms with van der Waals surface area (Å²) in [5.41, 5.74) is 2.35. The van der Waals surface area contributed by atoms with E-state index in [-0.39, 0.29) is 0 Å². The average Bonchev–Trinajstić information content (AvgIpc) is 3.01. The lowest BCUT2D eigenvalue weighted by molar-refractivity contribution is 0.500. The van der Waals surface area contributed by atoms with Crippen LogP contribution in [-0.2, 0) is 0 Å². The lowest BCUT2D eigenvalue weighted by atomic mass is 9.91. The average molecular weight is 498 g/mol. The van der Waals surface area contributed by atoms with Crippen LogP contribution in [0.2, 0.25) is 0 Å². The monoisotopic (exact) mass is 497 g/mol. The molecule has 0 spiro atoms. The third kappa shape index (κ3) is 3.46. The fourth-order valence-electron chi connectivity index (χ4n) is 5.96. The van der Waals surface area contributed by atoms with E-state index in [0.29, 0.717) is 0 Å². The van der Waals surface area contributed by atoms with Crippen LogP contribution in [0.1, 0.15) is 0 Å². The first-order valence-electron chi connectivity index (χ1n) is 13.2. The predicted octanol–water partition coefficient (Wildman–Crippen LogP) is 10.3. The number of hydrogen-bond donors (Lipinski definition) is 0. The minimum atomic E-state index is 0.853. The molecule has 1 heterocycles. The molecular formula is C37H23NO. The molecule has 0 saturated carbocycles. The van der Waals surface area contributed by atoms with Crippen LogP contribution in [0.15, 0.2) is 140 Å². The highest BCUT2D eigenvalue weighted by Gasteiger charge is 2.18. The van der Waals surface area contributed by atoms with E-state index >= 15 is 0 Å². The van der Waals surface area contributed by atoms with Gasteiger partial charge in [-0.25, -0.2) is 0 Å². The molecule has 0 N–H and O–H groups in total. The van der Waals surface area contributed by atoms with E-state index in [1.54, 1.807) is 0 Å². The zero-order valence-electron chi connectivity index (χ0n) is 21.1. The summed E-state index contributed by atoms with van der Waals surface area (Å²) in [6.07, 6.45) is 3.82. The molecule has 0 saturated heterocycles. The lowest BCUT2D eigenvalue weighted by Gasteiger charge is -2.19. The number of pyridine rings is 1. The van der Waals surface area contributed by atoms with Crippen molar-refractivity contribution in [3.8, 4) is 22.6 Å². The van der Waals surface area contributed by atoms with Gasteiger partial charge in [0.15, 0.2) is 0 Å². The highest BCUT2D eigenvalue weighted by Crippen LogP contribution is 2.46. The number of ether oxygens (including phenoxy) is 1. The van der Waals surface area contributed by atoms with Crippen molar-refractivity contribution in [3.05, 3.63) is 140 Å². The van der Waals surface area contributed by atoms with Crippen molar-refractivity contribution in [1.82, 2.24) is 4.98 Å².